The average Bonchev–Trinajstić information content (AvgIpc) is 3.32. The lowest BCUT2D eigenvalue weighted by Gasteiger charge is -2.35. The fourth-order valence-electron chi connectivity index (χ4n) is 2.75. The molecule has 1 aromatic rings. The van der Waals surface area contributed by atoms with E-state index in [-0.39, 0.29) is 5.91 Å². The van der Waals surface area contributed by atoms with Crippen molar-refractivity contribution in [1.82, 2.24) is 9.80 Å². The van der Waals surface area contributed by atoms with Crippen molar-refractivity contribution in [2.75, 3.05) is 39.0 Å². The number of methoxy groups -OCH3 is 1. The summed E-state index contributed by atoms with van der Waals surface area (Å²) < 4.78 is 5.17. The molecular formula is C15H21N3O2. The standard InChI is InChI=1S/C15H21N3O2/c1-20-12-4-5-14(16)13(10-12)15(19)18-8-6-17(7-9-18)11-2-3-11/h4-5,10-11H,2-3,6-9,16H2,1H3. The lowest BCUT2D eigenvalue weighted by Crippen LogP contribution is -2.49. The van der Waals surface area contributed by atoms with Crippen LogP contribution in [0.25, 0.3) is 0 Å². The van der Waals surface area contributed by atoms with Gasteiger partial charge in [-0.3, -0.25) is 9.69 Å². The molecule has 1 saturated heterocycles. The Balaban J connectivity index is 1.69. The second-order valence-electron chi connectivity index (χ2n) is 5.51. The smallest absolute Gasteiger partial charge is 0.256 e. The predicted molar refractivity (Wildman–Crippen MR) is 77.9 cm³/mol. The topological polar surface area (TPSA) is 58.8 Å². The molecule has 0 spiro atoms. The molecule has 1 saturated carbocycles. The third-order valence-corrected chi connectivity index (χ3v) is 4.16. The molecule has 0 radical (unpaired) electrons. The average molecular weight is 275 g/mol. The molecular weight excluding hydrogens is 254 g/mol. The van der Waals surface area contributed by atoms with Crippen LogP contribution in [0.2, 0.25) is 0 Å². The third kappa shape index (κ3) is 2.58. The van der Waals surface area contributed by atoms with Gasteiger partial charge in [0.1, 0.15) is 5.75 Å². The third-order valence-electron chi connectivity index (χ3n) is 4.16. The van der Waals surface area contributed by atoms with Crippen molar-refractivity contribution in [3.8, 4) is 5.75 Å². The monoisotopic (exact) mass is 275 g/mol. The van der Waals surface area contributed by atoms with E-state index < -0.39 is 0 Å². The van der Waals surface area contributed by atoms with Gasteiger partial charge in [-0.15, -0.1) is 0 Å². The second-order valence-corrected chi connectivity index (χ2v) is 5.51. The first-order chi connectivity index (χ1) is 9.69. The quantitative estimate of drug-likeness (QED) is 0.842. The van der Waals surface area contributed by atoms with Crippen molar-refractivity contribution in [1.29, 1.82) is 0 Å². The summed E-state index contributed by atoms with van der Waals surface area (Å²) in [6.07, 6.45) is 2.63. The highest BCUT2D eigenvalue weighted by molar-refractivity contribution is 5.99. The van der Waals surface area contributed by atoms with Crippen LogP contribution in [-0.4, -0.2) is 55.0 Å². The van der Waals surface area contributed by atoms with Crippen molar-refractivity contribution in [2.24, 2.45) is 0 Å². The molecule has 2 fully saturated rings. The lowest BCUT2D eigenvalue weighted by molar-refractivity contribution is 0.0628. The molecule has 1 aliphatic heterocycles. The van der Waals surface area contributed by atoms with E-state index in [0.29, 0.717) is 17.0 Å². The number of anilines is 1. The van der Waals surface area contributed by atoms with Crippen molar-refractivity contribution >= 4 is 11.6 Å². The molecule has 1 amide bonds. The molecule has 5 nitrogen and oxygen atoms in total. The Labute approximate surface area is 119 Å². The Hall–Kier alpha value is -1.75. The maximum Gasteiger partial charge on any atom is 0.256 e. The summed E-state index contributed by atoms with van der Waals surface area (Å²) >= 11 is 0. The molecule has 3 rings (SSSR count). The SMILES string of the molecule is COc1ccc(N)c(C(=O)N2CCN(C3CC3)CC2)c1. The Kier molecular flexibility index (Phi) is 3.53. The Morgan fingerprint density at radius 1 is 1.25 bits per heavy atom. The van der Waals surface area contributed by atoms with Gasteiger partial charge in [0.05, 0.1) is 12.7 Å². The maximum atomic E-state index is 12.6. The summed E-state index contributed by atoms with van der Waals surface area (Å²) in [7, 11) is 1.59. The van der Waals surface area contributed by atoms with Crippen LogP contribution in [0, 0.1) is 0 Å². The molecule has 20 heavy (non-hydrogen) atoms. The van der Waals surface area contributed by atoms with E-state index in [1.54, 1.807) is 25.3 Å². The van der Waals surface area contributed by atoms with E-state index in [1.807, 2.05) is 4.90 Å². The molecule has 1 aliphatic carbocycles. The molecule has 5 heteroatoms. The highest BCUT2D eigenvalue weighted by Gasteiger charge is 2.32. The van der Waals surface area contributed by atoms with E-state index in [2.05, 4.69) is 4.90 Å². The van der Waals surface area contributed by atoms with Gasteiger partial charge in [-0.05, 0) is 31.0 Å². The number of carbonyl (C=O) groups excluding carboxylic acids is 1. The number of amides is 1. The number of hydrogen-bond acceptors (Lipinski definition) is 4. The maximum absolute atomic E-state index is 12.6. The van der Waals surface area contributed by atoms with Gasteiger partial charge in [0.25, 0.3) is 5.91 Å². The second kappa shape index (κ2) is 5.32. The van der Waals surface area contributed by atoms with Crippen molar-refractivity contribution in [3.05, 3.63) is 23.8 Å². The van der Waals surface area contributed by atoms with Crippen LogP contribution >= 0.6 is 0 Å². The lowest BCUT2D eigenvalue weighted by atomic mass is 10.1. The largest absolute Gasteiger partial charge is 0.497 e. The molecule has 2 N–H and O–H groups in total. The summed E-state index contributed by atoms with van der Waals surface area (Å²) in [5.41, 5.74) is 6.98. The van der Waals surface area contributed by atoms with Crippen LogP contribution in [-0.2, 0) is 0 Å². The minimum atomic E-state index is 0.0110. The van der Waals surface area contributed by atoms with E-state index in [1.165, 1.54) is 12.8 Å². The molecule has 108 valence electrons. The number of piperazine rings is 1. The number of nitrogens with two attached hydrogens (primary N) is 1. The van der Waals surface area contributed by atoms with Crippen molar-refractivity contribution < 1.29 is 9.53 Å². The van der Waals surface area contributed by atoms with Crippen LogP contribution in [0.5, 0.6) is 5.75 Å². The normalized spacial score (nSPS) is 19.9. The Morgan fingerprint density at radius 3 is 2.55 bits per heavy atom. The number of hydrogen-bond donors (Lipinski definition) is 1. The summed E-state index contributed by atoms with van der Waals surface area (Å²) in [5.74, 6) is 0.677. The van der Waals surface area contributed by atoms with E-state index >= 15 is 0 Å². The fraction of sp³-hybridized carbons (Fsp3) is 0.533. The zero-order valence-electron chi connectivity index (χ0n) is 11.8. The molecule has 2 aliphatic rings. The van der Waals surface area contributed by atoms with Gasteiger partial charge in [-0.1, -0.05) is 0 Å². The summed E-state index contributed by atoms with van der Waals surface area (Å²) in [6.45, 7) is 3.51. The van der Waals surface area contributed by atoms with Crippen molar-refractivity contribution in [3.63, 3.8) is 0 Å². The molecule has 1 heterocycles. The molecule has 0 unspecified atom stereocenters. The van der Waals surface area contributed by atoms with E-state index in [9.17, 15) is 4.79 Å². The highest BCUT2D eigenvalue weighted by Crippen LogP contribution is 2.28. The van der Waals surface area contributed by atoms with E-state index in [0.717, 1.165) is 32.2 Å². The zero-order valence-corrected chi connectivity index (χ0v) is 11.8. The van der Waals surface area contributed by atoms with Gasteiger partial charge in [0, 0.05) is 37.9 Å². The summed E-state index contributed by atoms with van der Waals surface area (Å²) in [5, 5.41) is 0. The number of nitrogens with zero attached hydrogens (tertiary/aromatic N) is 2. The Morgan fingerprint density at radius 2 is 1.95 bits per heavy atom. The molecule has 0 bridgehead atoms. The number of nitrogen functional groups attached to an aromatic ring is 1. The van der Waals surface area contributed by atoms with Crippen LogP contribution in [0.15, 0.2) is 18.2 Å². The number of benzene rings is 1. The van der Waals surface area contributed by atoms with Crippen LogP contribution < -0.4 is 10.5 Å². The van der Waals surface area contributed by atoms with Gasteiger partial charge in [0.2, 0.25) is 0 Å². The summed E-state index contributed by atoms with van der Waals surface area (Å²) in [6, 6.07) is 6.00. The van der Waals surface area contributed by atoms with Gasteiger partial charge < -0.3 is 15.4 Å². The molecule has 1 aromatic carbocycles. The Bertz CT molecular complexity index is 506. The van der Waals surface area contributed by atoms with Gasteiger partial charge >= 0.3 is 0 Å². The zero-order chi connectivity index (χ0) is 14.1. The minimum Gasteiger partial charge on any atom is -0.497 e. The highest BCUT2D eigenvalue weighted by atomic mass is 16.5. The van der Waals surface area contributed by atoms with E-state index in [4.69, 9.17) is 10.5 Å². The molecule has 0 aromatic heterocycles. The summed E-state index contributed by atoms with van der Waals surface area (Å²) in [4.78, 5) is 16.9. The van der Waals surface area contributed by atoms with Crippen LogP contribution in [0.4, 0.5) is 5.69 Å². The fourth-order valence-corrected chi connectivity index (χ4v) is 2.75. The van der Waals surface area contributed by atoms with Crippen molar-refractivity contribution in [2.45, 2.75) is 18.9 Å². The first kappa shape index (κ1) is 13.2. The molecule has 0 atom stereocenters. The van der Waals surface area contributed by atoms with Crippen LogP contribution in [0.3, 0.4) is 0 Å². The van der Waals surface area contributed by atoms with Crippen LogP contribution in [0.1, 0.15) is 23.2 Å². The predicted octanol–water partition coefficient (Wildman–Crippen LogP) is 1.20. The van der Waals surface area contributed by atoms with Gasteiger partial charge in [0.15, 0.2) is 0 Å². The first-order valence-corrected chi connectivity index (χ1v) is 7.16. The number of ether oxygens (including phenoxy) is 1. The number of rotatable bonds is 3. The number of carbonyl (C=O) groups is 1. The first-order valence-electron chi connectivity index (χ1n) is 7.16. The minimum absolute atomic E-state index is 0.0110. The van der Waals surface area contributed by atoms with Gasteiger partial charge in [-0.2, -0.15) is 0 Å². The van der Waals surface area contributed by atoms with Gasteiger partial charge in [-0.25, -0.2) is 0 Å².